The number of amides is 1. The lowest BCUT2D eigenvalue weighted by Gasteiger charge is -2.24. The average Bonchev–Trinajstić information content (AvgIpc) is 2.98. The van der Waals surface area contributed by atoms with E-state index in [1.807, 2.05) is 13.0 Å². The van der Waals surface area contributed by atoms with Crippen LogP contribution in [0.15, 0.2) is 36.7 Å². The molecule has 3 aromatic rings. The van der Waals surface area contributed by atoms with Gasteiger partial charge in [-0.1, -0.05) is 6.07 Å². The predicted molar refractivity (Wildman–Crippen MR) is 93.6 cm³/mol. The molecule has 8 nitrogen and oxygen atoms in total. The Labute approximate surface area is 149 Å². The van der Waals surface area contributed by atoms with Crippen molar-refractivity contribution >= 4 is 11.7 Å². The second-order valence-corrected chi connectivity index (χ2v) is 6.04. The third-order valence-electron chi connectivity index (χ3n) is 4.45. The van der Waals surface area contributed by atoms with Crippen molar-refractivity contribution in [1.29, 1.82) is 0 Å². The summed E-state index contributed by atoms with van der Waals surface area (Å²) >= 11 is 0. The van der Waals surface area contributed by atoms with Crippen molar-refractivity contribution in [3.63, 3.8) is 0 Å². The maximum atomic E-state index is 12.3. The maximum Gasteiger partial charge on any atom is 0.252 e. The molecule has 1 aromatic carbocycles. The molecule has 1 aliphatic rings. The molecule has 2 aromatic heterocycles. The number of nitrogens with one attached hydrogen (secondary N) is 1. The number of carbonyl (C=O) groups is 1. The van der Waals surface area contributed by atoms with Gasteiger partial charge in [-0.15, -0.1) is 0 Å². The van der Waals surface area contributed by atoms with Crippen LogP contribution in [-0.2, 0) is 4.79 Å². The molecular formula is C18H17N5O3. The fourth-order valence-corrected chi connectivity index (χ4v) is 3.30. The minimum absolute atomic E-state index is 0.0361. The highest BCUT2D eigenvalue weighted by molar-refractivity contribution is 5.95. The van der Waals surface area contributed by atoms with Crippen molar-refractivity contribution in [2.45, 2.75) is 19.3 Å². The minimum atomic E-state index is -0.229. The van der Waals surface area contributed by atoms with Crippen LogP contribution in [0.2, 0.25) is 0 Å². The SMILES string of the molecule is COc1ccc([C@H]2CC(=O)Nc3c2c(C)nn3-c2ncccn2)cc1O. The van der Waals surface area contributed by atoms with E-state index in [9.17, 15) is 9.90 Å². The minimum Gasteiger partial charge on any atom is -0.504 e. The van der Waals surface area contributed by atoms with E-state index in [0.717, 1.165) is 16.8 Å². The summed E-state index contributed by atoms with van der Waals surface area (Å²) in [5.74, 6) is 1.01. The first-order chi connectivity index (χ1) is 12.6. The molecule has 0 radical (unpaired) electrons. The molecule has 132 valence electrons. The molecule has 0 unspecified atom stereocenters. The molecule has 0 saturated carbocycles. The van der Waals surface area contributed by atoms with Gasteiger partial charge in [0.1, 0.15) is 5.82 Å². The summed E-state index contributed by atoms with van der Waals surface area (Å²) in [6, 6.07) is 6.88. The molecule has 0 aliphatic carbocycles. The van der Waals surface area contributed by atoms with Gasteiger partial charge >= 0.3 is 0 Å². The summed E-state index contributed by atoms with van der Waals surface area (Å²) in [5.41, 5.74) is 2.48. The Hall–Kier alpha value is -3.42. The fraction of sp³-hybridized carbons (Fsp3) is 0.222. The van der Waals surface area contributed by atoms with Gasteiger partial charge in [-0.05, 0) is 30.7 Å². The molecule has 0 spiro atoms. The van der Waals surface area contributed by atoms with Gasteiger partial charge in [0.15, 0.2) is 11.5 Å². The van der Waals surface area contributed by atoms with E-state index in [1.54, 1.807) is 30.6 Å². The van der Waals surface area contributed by atoms with Crippen LogP contribution in [0.25, 0.3) is 5.95 Å². The molecule has 0 saturated heterocycles. The lowest BCUT2D eigenvalue weighted by Crippen LogP contribution is -2.25. The molecule has 26 heavy (non-hydrogen) atoms. The van der Waals surface area contributed by atoms with E-state index in [1.165, 1.54) is 11.8 Å². The Balaban J connectivity index is 1.85. The largest absolute Gasteiger partial charge is 0.504 e. The highest BCUT2D eigenvalue weighted by Gasteiger charge is 2.33. The zero-order chi connectivity index (χ0) is 18.3. The summed E-state index contributed by atoms with van der Waals surface area (Å²) in [5, 5.41) is 17.5. The van der Waals surface area contributed by atoms with Crippen LogP contribution in [-0.4, -0.2) is 37.9 Å². The number of ether oxygens (including phenoxy) is 1. The average molecular weight is 351 g/mol. The van der Waals surface area contributed by atoms with Crippen LogP contribution in [0.4, 0.5) is 5.82 Å². The molecule has 4 rings (SSSR count). The Morgan fingerprint density at radius 3 is 2.77 bits per heavy atom. The molecule has 3 heterocycles. The quantitative estimate of drug-likeness (QED) is 0.750. The van der Waals surface area contributed by atoms with Crippen LogP contribution in [0.5, 0.6) is 11.5 Å². The van der Waals surface area contributed by atoms with Gasteiger partial charge in [0.25, 0.3) is 5.95 Å². The van der Waals surface area contributed by atoms with E-state index in [2.05, 4.69) is 20.4 Å². The van der Waals surface area contributed by atoms with Gasteiger partial charge < -0.3 is 15.2 Å². The highest BCUT2D eigenvalue weighted by Crippen LogP contribution is 2.41. The number of aryl methyl sites for hydroxylation is 1. The van der Waals surface area contributed by atoms with Gasteiger partial charge in [0.2, 0.25) is 5.91 Å². The molecule has 1 amide bonds. The molecule has 8 heteroatoms. The lowest BCUT2D eigenvalue weighted by molar-refractivity contribution is -0.116. The zero-order valence-electron chi connectivity index (χ0n) is 14.3. The number of fused-ring (bicyclic) bond motifs is 1. The molecule has 0 bridgehead atoms. The van der Waals surface area contributed by atoms with Crippen molar-refractivity contribution < 1.29 is 14.6 Å². The Morgan fingerprint density at radius 2 is 2.08 bits per heavy atom. The summed E-state index contributed by atoms with van der Waals surface area (Å²) in [4.78, 5) is 20.8. The number of methoxy groups -OCH3 is 1. The number of hydrogen-bond donors (Lipinski definition) is 2. The van der Waals surface area contributed by atoms with E-state index < -0.39 is 0 Å². The van der Waals surface area contributed by atoms with Crippen LogP contribution in [0.1, 0.15) is 29.2 Å². The number of benzene rings is 1. The number of phenols is 1. The Kier molecular flexibility index (Phi) is 3.80. The van der Waals surface area contributed by atoms with Crippen LogP contribution in [0.3, 0.4) is 0 Å². The monoisotopic (exact) mass is 351 g/mol. The van der Waals surface area contributed by atoms with E-state index in [0.29, 0.717) is 17.5 Å². The summed E-state index contributed by atoms with van der Waals surface area (Å²) < 4.78 is 6.64. The number of carbonyl (C=O) groups excluding carboxylic acids is 1. The second kappa shape index (κ2) is 6.14. The lowest BCUT2D eigenvalue weighted by atomic mass is 9.85. The van der Waals surface area contributed by atoms with Crippen LogP contribution in [0, 0.1) is 6.92 Å². The van der Waals surface area contributed by atoms with Crippen molar-refractivity contribution in [3.8, 4) is 17.4 Å². The topological polar surface area (TPSA) is 102 Å². The van der Waals surface area contributed by atoms with Gasteiger partial charge in [-0.25, -0.2) is 9.97 Å². The molecule has 1 aliphatic heterocycles. The number of aromatic hydroxyl groups is 1. The summed E-state index contributed by atoms with van der Waals surface area (Å²) in [6.45, 7) is 1.88. The Morgan fingerprint density at radius 1 is 1.31 bits per heavy atom. The first kappa shape index (κ1) is 16.1. The fourth-order valence-electron chi connectivity index (χ4n) is 3.30. The normalized spacial score (nSPS) is 16.1. The summed E-state index contributed by atoms with van der Waals surface area (Å²) in [7, 11) is 1.49. The number of aromatic nitrogens is 4. The van der Waals surface area contributed by atoms with E-state index >= 15 is 0 Å². The molecule has 1 atom stereocenters. The highest BCUT2D eigenvalue weighted by atomic mass is 16.5. The first-order valence-electron chi connectivity index (χ1n) is 8.12. The second-order valence-electron chi connectivity index (χ2n) is 6.04. The predicted octanol–water partition coefficient (Wildman–Crippen LogP) is 2.16. The maximum absolute atomic E-state index is 12.3. The smallest absolute Gasteiger partial charge is 0.252 e. The van der Waals surface area contributed by atoms with Crippen molar-refractivity contribution in [3.05, 3.63) is 53.5 Å². The van der Waals surface area contributed by atoms with Crippen LogP contribution >= 0.6 is 0 Å². The van der Waals surface area contributed by atoms with Crippen molar-refractivity contribution in [2.75, 3.05) is 12.4 Å². The van der Waals surface area contributed by atoms with Gasteiger partial charge in [-0.2, -0.15) is 9.78 Å². The van der Waals surface area contributed by atoms with Gasteiger partial charge in [0, 0.05) is 30.3 Å². The number of hydrogen-bond acceptors (Lipinski definition) is 6. The molecule has 2 N–H and O–H groups in total. The number of rotatable bonds is 3. The molecular weight excluding hydrogens is 334 g/mol. The first-order valence-corrected chi connectivity index (χ1v) is 8.12. The van der Waals surface area contributed by atoms with Crippen molar-refractivity contribution in [2.24, 2.45) is 0 Å². The van der Waals surface area contributed by atoms with Crippen molar-refractivity contribution in [1.82, 2.24) is 19.7 Å². The van der Waals surface area contributed by atoms with E-state index in [-0.39, 0.29) is 24.0 Å². The van der Waals surface area contributed by atoms with Crippen LogP contribution < -0.4 is 10.1 Å². The van der Waals surface area contributed by atoms with Gasteiger partial charge in [0.05, 0.1) is 12.8 Å². The number of nitrogens with zero attached hydrogens (tertiary/aromatic N) is 4. The third kappa shape index (κ3) is 2.55. The zero-order valence-corrected chi connectivity index (χ0v) is 14.3. The van der Waals surface area contributed by atoms with E-state index in [4.69, 9.17) is 4.74 Å². The standard InChI is InChI=1S/C18H17N5O3/c1-10-16-12(11-4-5-14(26-2)13(24)8-11)9-15(25)21-17(16)23(22-10)18-19-6-3-7-20-18/h3-8,12,24H,9H2,1-2H3,(H,21,25)/t12-/m1/s1. The third-order valence-corrected chi connectivity index (χ3v) is 4.45. The Bertz CT molecular complexity index is 984. The van der Waals surface area contributed by atoms with Gasteiger partial charge in [-0.3, -0.25) is 4.79 Å². The molecule has 0 fully saturated rings. The number of anilines is 1. The number of phenolic OH excluding ortho intramolecular Hbond substituents is 1. The summed E-state index contributed by atoms with van der Waals surface area (Å²) in [6.07, 6.45) is 3.51.